The van der Waals surface area contributed by atoms with Crippen molar-refractivity contribution in [1.82, 2.24) is 20.4 Å². The molecule has 0 bridgehead atoms. The van der Waals surface area contributed by atoms with Crippen molar-refractivity contribution in [2.45, 2.75) is 39.3 Å². The number of aryl methyl sites for hydroxylation is 1. The third-order valence-electron chi connectivity index (χ3n) is 4.46. The van der Waals surface area contributed by atoms with Gasteiger partial charge in [-0.15, -0.1) is 12.4 Å². The van der Waals surface area contributed by atoms with Crippen molar-refractivity contribution in [1.29, 1.82) is 0 Å². The van der Waals surface area contributed by atoms with Gasteiger partial charge in [0.1, 0.15) is 0 Å². The molecular formula is C18H24BrClN4O. The fourth-order valence-corrected chi connectivity index (χ4v) is 3.67. The number of hydrogen-bond acceptors (Lipinski definition) is 3. The molecule has 5 nitrogen and oxygen atoms in total. The lowest BCUT2D eigenvalue weighted by Gasteiger charge is -2.23. The second-order valence-electron chi connectivity index (χ2n) is 6.35. The Labute approximate surface area is 163 Å². The van der Waals surface area contributed by atoms with Gasteiger partial charge in [-0.3, -0.25) is 9.48 Å². The van der Waals surface area contributed by atoms with Crippen LogP contribution in [0.15, 0.2) is 28.7 Å². The Bertz CT molecular complexity index is 741. The van der Waals surface area contributed by atoms with E-state index in [2.05, 4.69) is 43.8 Å². The first-order valence-electron chi connectivity index (χ1n) is 8.34. The number of nitrogens with zero attached hydrogens (tertiary/aromatic N) is 2. The summed E-state index contributed by atoms with van der Waals surface area (Å²) in [4.78, 5) is 12.7. The average molecular weight is 428 g/mol. The molecule has 0 spiro atoms. The first-order valence-corrected chi connectivity index (χ1v) is 9.14. The van der Waals surface area contributed by atoms with E-state index >= 15 is 0 Å². The molecule has 1 saturated heterocycles. The van der Waals surface area contributed by atoms with Crippen LogP contribution in [0.3, 0.4) is 0 Å². The van der Waals surface area contributed by atoms with E-state index in [-0.39, 0.29) is 24.4 Å². The normalized spacial score (nSPS) is 17.0. The molecule has 136 valence electrons. The van der Waals surface area contributed by atoms with Gasteiger partial charge in [-0.05, 0) is 50.9 Å². The van der Waals surface area contributed by atoms with Gasteiger partial charge in [0.25, 0.3) is 5.91 Å². The molecule has 1 aliphatic heterocycles. The maximum atomic E-state index is 12.7. The Kier molecular flexibility index (Phi) is 7.04. The maximum Gasteiger partial charge on any atom is 0.255 e. The summed E-state index contributed by atoms with van der Waals surface area (Å²) in [6, 6.07) is 8.35. The summed E-state index contributed by atoms with van der Waals surface area (Å²) < 4.78 is 2.95. The highest BCUT2D eigenvalue weighted by molar-refractivity contribution is 9.10. The molecule has 1 amide bonds. The summed E-state index contributed by atoms with van der Waals surface area (Å²) >= 11 is 3.49. The summed E-state index contributed by atoms with van der Waals surface area (Å²) in [5.74, 6) is -0.0146. The minimum absolute atomic E-state index is 0. The topological polar surface area (TPSA) is 59.0 Å². The van der Waals surface area contributed by atoms with Gasteiger partial charge in [0.15, 0.2) is 0 Å². The van der Waals surface area contributed by atoms with E-state index in [0.717, 1.165) is 47.4 Å². The number of piperidine rings is 1. The van der Waals surface area contributed by atoms with E-state index in [1.54, 1.807) is 0 Å². The van der Waals surface area contributed by atoms with Gasteiger partial charge < -0.3 is 10.6 Å². The van der Waals surface area contributed by atoms with Crippen molar-refractivity contribution in [3.05, 3.63) is 51.3 Å². The van der Waals surface area contributed by atoms with Crippen LogP contribution >= 0.6 is 28.3 Å². The zero-order chi connectivity index (χ0) is 17.1. The number of rotatable bonds is 4. The molecule has 0 radical (unpaired) electrons. The zero-order valence-corrected chi connectivity index (χ0v) is 16.9. The Balaban J connectivity index is 0.00000225. The first kappa shape index (κ1) is 19.9. The number of nitrogens with one attached hydrogen (secondary N) is 2. The molecule has 7 heteroatoms. The summed E-state index contributed by atoms with van der Waals surface area (Å²) in [5.41, 5.74) is 3.55. The largest absolute Gasteiger partial charge is 0.348 e. The van der Waals surface area contributed by atoms with Crippen LogP contribution in [-0.4, -0.2) is 34.8 Å². The van der Waals surface area contributed by atoms with Crippen molar-refractivity contribution >= 4 is 34.2 Å². The van der Waals surface area contributed by atoms with Gasteiger partial charge in [0, 0.05) is 22.8 Å². The second kappa shape index (κ2) is 8.83. The Morgan fingerprint density at radius 2 is 2.24 bits per heavy atom. The highest BCUT2D eigenvalue weighted by Gasteiger charge is 2.22. The number of carbonyl (C=O) groups is 1. The minimum Gasteiger partial charge on any atom is -0.348 e. The van der Waals surface area contributed by atoms with Crippen LogP contribution in [-0.2, 0) is 6.54 Å². The molecule has 2 heterocycles. The maximum absolute atomic E-state index is 12.7. The number of carbonyl (C=O) groups excluding carboxylic acids is 1. The molecule has 0 saturated carbocycles. The van der Waals surface area contributed by atoms with E-state index < -0.39 is 0 Å². The van der Waals surface area contributed by atoms with E-state index in [9.17, 15) is 4.79 Å². The Morgan fingerprint density at radius 1 is 1.44 bits per heavy atom. The fraction of sp³-hybridized carbons (Fsp3) is 0.444. The van der Waals surface area contributed by atoms with E-state index in [1.807, 2.05) is 30.7 Å². The van der Waals surface area contributed by atoms with E-state index in [4.69, 9.17) is 0 Å². The number of amides is 1. The van der Waals surface area contributed by atoms with E-state index in [1.165, 1.54) is 0 Å². The number of benzene rings is 1. The highest BCUT2D eigenvalue weighted by atomic mass is 79.9. The van der Waals surface area contributed by atoms with Crippen LogP contribution in [0, 0.1) is 13.8 Å². The zero-order valence-electron chi connectivity index (χ0n) is 14.5. The lowest BCUT2D eigenvalue weighted by atomic mass is 10.1. The SMILES string of the molecule is Cc1nn(Cc2cccc(Br)c2)c(C)c1C(=O)NC1CCCNC1.Cl. The van der Waals surface area contributed by atoms with Gasteiger partial charge in [0.2, 0.25) is 0 Å². The highest BCUT2D eigenvalue weighted by Crippen LogP contribution is 2.17. The quantitative estimate of drug-likeness (QED) is 0.788. The lowest BCUT2D eigenvalue weighted by Crippen LogP contribution is -2.45. The predicted octanol–water partition coefficient (Wildman–Crippen LogP) is 3.21. The Hall–Kier alpha value is -1.37. The molecule has 1 aliphatic rings. The number of hydrogen-bond donors (Lipinski definition) is 2. The third kappa shape index (κ3) is 4.84. The molecule has 1 atom stereocenters. The molecule has 2 N–H and O–H groups in total. The van der Waals surface area contributed by atoms with Gasteiger partial charge in [-0.25, -0.2) is 0 Å². The lowest BCUT2D eigenvalue weighted by molar-refractivity contribution is 0.0929. The van der Waals surface area contributed by atoms with Gasteiger partial charge in [0.05, 0.1) is 17.8 Å². The van der Waals surface area contributed by atoms with Gasteiger partial charge >= 0.3 is 0 Å². The minimum atomic E-state index is -0.0146. The molecular weight excluding hydrogens is 404 g/mol. The molecule has 25 heavy (non-hydrogen) atoms. The molecule has 1 unspecified atom stereocenters. The van der Waals surface area contributed by atoms with E-state index in [0.29, 0.717) is 12.1 Å². The summed E-state index contributed by atoms with van der Waals surface area (Å²) in [6.07, 6.45) is 2.13. The standard InChI is InChI=1S/C18H23BrN4O.ClH/c1-12-17(18(24)21-16-7-4-8-20-10-16)13(2)23(22-12)11-14-5-3-6-15(19)9-14;/h3,5-6,9,16,20H,4,7-8,10-11H2,1-2H3,(H,21,24);1H. The smallest absolute Gasteiger partial charge is 0.255 e. The van der Waals surface area contributed by atoms with Crippen LogP contribution in [0.25, 0.3) is 0 Å². The first-order chi connectivity index (χ1) is 11.5. The molecule has 1 aromatic carbocycles. The van der Waals surface area contributed by atoms with Crippen molar-refractivity contribution < 1.29 is 4.79 Å². The molecule has 1 fully saturated rings. The number of aromatic nitrogens is 2. The molecule has 3 rings (SSSR count). The molecule has 2 aromatic rings. The molecule has 0 aliphatic carbocycles. The van der Waals surface area contributed by atoms with Crippen LogP contribution in [0.1, 0.15) is 40.2 Å². The van der Waals surface area contributed by atoms with Crippen molar-refractivity contribution in [2.24, 2.45) is 0 Å². The predicted molar refractivity (Wildman–Crippen MR) is 106 cm³/mol. The van der Waals surface area contributed by atoms with Crippen LogP contribution in [0.5, 0.6) is 0 Å². The number of halogens is 2. The summed E-state index contributed by atoms with van der Waals surface area (Å²) in [7, 11) is 0. The second-order valence-corrected chi connectivity index (χ2v) is 7.27. The van der Waals surface area contributed by atoms with Crippen LogP contribution < -0.4 is 10.6 Å². The third-order valence-corrected chi connectivity index (χ3v) is 4.96. The van der Waals surface area contributed by atoms with Crippen LogP contribution in [0.2, 0.25) is 0 Å². The molecule has 1 aromatic heterocycles. The van der Waals surface area contributed by atoms with Gasteiger partial charge in [-0.1, -0.05) is 28.1 Å². The van der Waals surface area contributed by atoms with Crippen LogP contribution in [0.4, 0.5) is 0 Å². The monoisotopic (exact) mass is 426 g/mol. The Morgan fingerprint density at radius 3 is 2.92 bits per heavy atom. The summed E-state index contributed by atoms with van der Waals surface area (Å²) in [5, 5.41) is 11.0. The fourth-order valence-electron chi connectivity index (χ4n) is 3.22. The van der Waals surface area contributed by atoms with Gasteiger partial charge in [-0.2, -0.15) is 5.10 Å². The van der Waals surface area contributed by atoms with Crippen molar-refractivity contribution in [3.8, 4) is 0 Å². The average Bonchev–Trinajstić information content (AvgIpc) is 2.82. The summed E-state index contributed by atoms with van der Waals surface area (Å²) in [6.45, 7) is 6.40. The van der Waals surface area contributed by atoms with Crippen molar-refractivity contribution in [3.63, 3.8) is 0 Å². The van der Waals surface area contributed by atoms with Crippen molar-refractivity contribution in [2.75, 3.05) is 13.1 Å².